The Labute approximate surface area is 254 Å². The number of benzene rings is 3. The molecule has 0 saturated heterocycles. The molecule has 0 aromatic heterocycles. The monoisotopic (exact) mass is 604 g/mol. The van der Waals surface area contributed by atoms with Crippen LogP contribution in [0.5, 0.6) is 23.0 Å². The smallest absolute Gasteiger partial charge is 0.343 e. The minimum Gasteiger partial charge on any atom is -0.453 e. The van der Waals surface area contributed by atoms with E-state index < -0.39 is 44.3 Å². The molecule has 0 saturated carbocycles. The first-order valence-corrected chi connectivity index (χ1v) is 13.1. The third-order valence-electron chi connectivity index (χ3n) is 5.68. The van der Waals surface area contributed by atoms with Gasteiger partial charge in [-0.05, 0) is 62.7 Å². The first kappa shape index (κ1) is 32.9. The van der Waals surface area contributed by atoms with Crippen molar-refractivity contribution in [3.63, 3.8) is 0 Å². The lowest BCUT2D eigenvalue weighted by molar-refractivity contribution is -0.147. The number of rotatable bonds is 14. The number of aryl methyl sites for hydroxylation is 1. The fourth-order valence-corrected chi connectivity index (χ4v) is 3.43. The third-order valence-corrected chi connectivity index (χ3v) is 5.68. The van der Waals surface area contributed by atoms with E-state index >= 15 is 0 Å². The second-order valence-electron chi connectivity index (χ2n) is 9.63. The molecule has 0 N–H and O–H groups in total. The van der Waals surface area contributed by atoms with E-state index in [9.17, 15) is 19.2 Å². The quantitative estimate of drug-likeness (QED) is 0.0734. The first-order chi connectivity index (χ1) is 20.8. The number of esters is 4. The Morgan fingerprint density at radius 2 is 1.07 bits per heavy atom. The average molecular weight is 605 g/mol. The molecule has 0 radical (unpaired) electrons. The summed E-state index contributed by atoms with van der Waals surface area (Å²) in [5.41, 5.74) is 1.40. The highest BCUT2D eigenvalue weighted by atomic mass is 16.7. The molecule has 0 aliphatic carbocycles. The lowest BCUT2D eigenvalue weighted by Crippen LogP contribution is -2.16. The van der Waals surface area contributed by atoms with Gasteiger partial charge < -0.3 is 33.2 Å². The molecular weight excluding hydrogens is 572 g/mol. The molecule has 3 aromatic carbocycles. The van der Waals surface area contributed by atoms with Crippen LogP contribution in [0.15, 0.2) is 85.0 Å². The summed E-state index contributed by atoms with van der Waals surface area (Å²) in [6, 6.07) is 13.5. The fourth-order valence-electron chi connectivity index (χ4n) is 3.43. The van der Waals surface area contributed by atoms with Crippen LogP contribution in [0.2, 0.25) is 0 Å². The predicted octanol–water partition coefficient (Wildman–Crippen LogP) is 5.73. The number of hydrogen-bond donors (Lipinski definition) is 0. The standard InChI is InChI=1S/C33H32O11/c1-19(2)30(34)41-16-38-27-14-25(33(37)44-26-11-10-23-12-22(7)8-9-24(23)13-26)15-28(39-17-42-31(35)20(3)4)29(27)40-18-43-32(36)21(5)6/h8-15H,1,3,5,16-18H2,2,4,6-7H3. The van der Waals surface area contributed by atoms with E-state index in [0.717, 1.165) is 16.3 Å². The SMILES string of the molecule is C=C(C)C(=O)OCOc1cc(C(=O)Oc2ccc3cc(C)ccc3c2)cc(OCOC(=O)C(=C)C)c1OCOC(=O)C(=C)C. The maximum absolute atomic E-state index is 13.3. The summed E-state index contributed by atoms with van der Waals surface area (Å²) in [7, 11) is 0. The predicted molar refractivity (Wildman–Crippen MR) is 159 cm³/mol. The van der Waals surface area contributed by atoms with Crippen LogP contribution in [0.3, 0.4) is 0 Å². The zero-order chi connectivity index (χ0) is 32.4. The summed E-state index contributed by atoms with van der Waals surface area (Å²) in [4.78, 5) is 49.0. The first-order valence-electron chi connectivity index (χ1n) is 13.1. The normalized spacial score (nSPS) is 10.3. The van der Waals surface area contributed by atoms with E-state index in [1.807, 2.05) is 31.2 Å². The van der Waals surface area contributed by atoms with Gasteiger partial charge in [-0.15, -0.1) is 0 Å². The topological polar surface area (TPSA) is 133 Å². The van der Waals surface area contributed by atoms with Crippen LogP contribution in [0.25, 0.3) is 10.8 Å². The van der Waals surface area contributed by atoms with Crippen LogP contribution in [0.1, 0.15) is 36.7 Å². The summed E-state index contributed by atoms with van der Waals surface area (Å²) in [6.45, 7) is 15.0. The zero-order valence-corrected chi connectivity index (χ0v) is 24.9. The van der Waals surface area contributed by atoms with Crippen molar-refractivity contribution in [3.05, 3.63) is 96.1 Å². The molecular formula is C33H32O11. The highest BCUT2D eigenvalue weighted by Gasteiger charge is 2.22. The van der Waals surface area contributed by atoms with Crippen molar-refractivity contribution in [1.82, 2.24) is 0 Å². The summed E-state index contributed by atoms with van der Waals surface area (Å²) in [6.07, 6.45) is 0. The van der Waals surface area contributed by atoms with Crippen LogP contribution in [0.4, 0.5) is 0 Å². The average Bonchev–Trinajstić information content (AvgIpc) is 2.97. The number of hydrogen-bond acceptors (Lipinski definition) is 11. The second kappa shape index (κ2) is 15.1. The van der Waals surface area contributed by atoms with Crippen molar-refractivity contribution >= 4 is 34.6 Å². The van der Waals surface area contributed by atoms with Gasteiger partial charge in [-0.3, -0.25) is 0 Å². The fraction of sp³-hybridized carbons (Fsp3) is 0.212. The van der Waals surface area contributed by atoms with Gasteiger partial charge in [-0.1, -0.05) is 49.6 Å². The summed E-state index contributed by atoms with van der Waals surface area (Å²) in [5, 5.41) is 1.83. The molecule has 0 bridgehead atoms. The minimum atomic E-state index is -0.802. The molecule has 0 amide bonds. The van der Waals surface area contributed by atoms with Gasteiger partial charge in [0.1, 0.15) is 5.75 Å². The van der Waals surface area contributed by atoms with Gasteiger partial charge in [-0.2, -0.15) is 0 Å². The van der Waals surface area contributed by atoms with Crippen molar-refractivity contribution < 1.29 is 52.3 Å². The highest BCUT2D eigenvalue weighted by Crippen LogP contribution is 2.40. The van der Waals surface area contributed by atoms with Crippen LogP contribution in [-0.4, -0.2) is 44.3 Å². The minimum absolute atomic E-state index is 0.0669. The largest absolute Gasteiger partial charge is 0.453 e. The van der Waals surface area contributed by atoms with Crippen molar-refractivity contribution in [1.29, 1.82) is 0 Å². The van der Waals surface area contributed by atoms with Gasteiger partial charge in [0.2, 0.25) is 26.1 Å². The third kappa shape index (κ3) is 9.21. The molecule has 0 unspecified atom stereocenters. The van der Waals surface area contributed by atoms with Gasteiger partial charge in [0.25, 0.3) is 0 Å². The van der Waals surface area contributed by atoms with E-state index in [1.165, 1.54) is 32.9 Å². The molecule has 230 valence electrons. The number of carbonyl (C=O) groups excluding carboxylic acids is 4. The molecule has 0 aliphatic heterocycles. The number of ether oxygens (including phenoxy) is 7. The highest BCUT2D eigenvalue weighted by molar-refractivity contribution is 5.94. The number of fused-ring (bicyclic) bond motifs is 1. The Morgan fingerprint density at radius 1 is 0.614 bits per heavy atom. The molecule has 44 heavy (non-hydrogen) atoms. The van der Waals surface area contributed by atoms with Crippen LogP contribution in [0, 0.1) is 6.92 Å². The summed E-state index contributed by atoms with van der Waals surface area (Å²) < 4.78 is 37.5. The van der Waals surface area contributed by atoms with Crippen molar-refractivity contribution in [3.8, 4) is 23.0 Å². The zero-order valence-electron chi connectivity index (χ0n) is 24.9. The Morgan fingerprint density at radius 3 is 1.57 bits per heavy atom. The molecule has 0 atom stereocenters. The van der Waals surface area contributed by atoms with Gasteiger partial charge in [0, 0.05) is 16.7 Å². The maximum Gasteiger partial charge on any atom is 0.343 e. The van der Waals surface area contributed by atoms with Crippen molar-refractivity contribution in [2.75, 3.05) is 20.4 Å². The summed E-state index contributed by atoms with van der Waals surface area (Å²) in [5.74, 6) is -3.20. The van der Waals surface area contributed by atoms with E-state index in [2.05, 4.69) is 19.7 Å². The summed E-state index contributed by atoms with van der Waals surface area (Å²) >= 11 is 0. The molecule has 3 aromatic rings. The molecule has 0 fully saturated rings. The molecule has 11 nitrogen and oxygen atoms in total. The van der Waals surface area contributed by atoms with E-state index in [0.29, 0.717) is 0 Å². The van der Waals surface area contributed by atoms with Crippen LogP contribution in [-0.2, 0) is 28.6 Å². The van der Waals surface area contributed by atoms with Gasteiger partial charge >= 0.3 is 23.9 Å². The van der Waals surface area contributed by atoms with Crippen molar-refractivity contribution in [2.45, 2.75) is 27.7 Å². The van der Waals surface area contributed by atoms with Gasteiger partial charge in [0.15, 0.2) is 11.5 Å². The maximum atomic E-state index is 13.3. The second-order valence-corrected chi connectivity index (χ2v) is 9.63. The molecule has 0 spiro atoms. The van der Waals surface area contributed by atoms with Gasteiger partial charge in [-0.25, -0.2) is 19.2 Å². The Hall–Kier alpha value is -5.58. The molecule has 3 rings (SSSR count). The van der Waals surface area contributed by atoms with E-state index in [-0.39, 0.29) is 45.3 Å². The Balaban J connectivity index is 1.96. The van der Waals surface area contributed by atoms with Crippen molar-refractivity contribution in [2.24, 2.45) is 0 Å². The van der Waals surface area contributed by atoms with Crippen LogP contribution >= 0.6 is 0 Å². The lowest BCUT2D eigenvalue weighted by Gasteiger charge is -2.18. The van der Waals surface area contributed by atoms with Crippen LogP contribution < -0.4 is 18.9 Å². The molecule has 11 heteroatoms. The van der Waals surface area contributed by atoms with Gasteiger partial charge in [0.05, 0.1) is 5.56 Å². The Kier molecular flexibility index (Phi) is 11.3. The van der Waals surface area contributed by atoms with E-state index in [1.54, 1.807) is 12.1 Å². The lowest BCUT2D eigenvalue weighted by atomic mass is 10.1. The Bertz CT molecular complexity index is 1580. The molecule has 0 aliphatic rings. The van der Waals surface area contributed by atoms with E-state index in [4.69, 9.17) is 33.2 Å². The molecule has 0 heterocycles. The number of carbonyl (C=O) groups is 4.